The van der Waals surface area contributed by atoms with E-state index >= 15 is 0 Å². The molecule has 0 fully saturated rings. The highest BCUT2D eigenvalue weighted by Crippen LogP contribution is 2.03. The first kappa shape index (κ1) is 13.2. The van der Waals surface area contributed by atoms with Crippen molar-refractivity contribution in [1.29, 1.82) is 0 Å². The number of hydrogen-bond donors (Lipinski definition) is 0. The largest absolute Gasteiger partial charge is 0.295 e. The zero-order chi connectivity index (χ0) is 10.8. The molecular formula is C13H22O. The SMILES string of the molecule is CC=CCCCC/C=C/C(=O)C(C)C. The van der Waals surface area contributed by atoms with E-state index in [0.717, 1.165) is 12.8 Å². The number of allylic oxidation sites excluding steroid dienone is 4. The fourth-order valence-corrected chi connectivity index (χ4v) is 1.08. The molecule has 0 spiro atoms. The van der Waals surface area contributed by atoms with Crippen LogP contribution in [0.4, 0.5) is 0 Å². The summed E-state index contributed by atoms with van der Waals surface area (Å²) in [4.78, 5) is 11.2. The van der Waals surface area contributed by atoms with Gasteiger partial charge in [0.15, 0.2) is 5.78 Å². The van der Waals surface area contributed by atoms with Crippen molar-refractivity contribution in [3.05, 3.63) is 24.3 Å². The van der Waals surface area contributed by atoms with Gasteiger partial charge in [0.2, 0.25) is 0 Å². The molecule has 0 unspecified atom stereocenters. The molecule has 0 radical (unpaired) electrons. The van der Waals surface area contributed by atoms with Crippen molar-refractivity contribution >= 4 is 5.78 Å². The van der Waals surface area contributed by atoms with Crippen molar-refractivity contribution in [3.8, 4) is 0 Å². The molecule has 0 atom stereocenters. The lowest BCUT2D eigenvalue weighted by Crippen LogP contribution is -2.01. The van der Waals surface area contributed by atoms with E-state index in [2.05, 4.69) is 12.2 Å². The molecule has 0 N–H and O–H groups in total. The van der Waals surface area contributed by atoms with Gasteiger partial charge in [0.1, 0.15) is 0 Å². The van der Waals surface area contributed by atoms with Crippen LogP contribution in [0.2, 0.25) is 0 Å². The molecule has 0 aromatic rings. The highest BCUT2D eigenvalue weighted by Gasteiger charge is 2.00. The average molecular weight is 194 g/mol. The van der Waals surface area contributed by atoms with Gasteiger partial charge in [-0.1, -0.05) is 32.1 Å². The summed E-state index contributed by atoms with van der Waals surface area (Å²) in [5.41, 5.74) is 0. The predicted molar refractivity (Wildman–Crippen MR) is 62.3 cm³/mol. The van der Waals surface area contributed by atoms with Crippen LogP contribution in [-0.2, 0) is 4.79 Å². The second kappa shape index (κ2) is 8.74. The molecule has 0 aromatic carbocycles. The van der Waals surface area contributed by atoms with Crippen LogP contribution in [0.25, 0.3) is 0 Å². The van der Waals surface area contributed by atoms with E-state index in [1.807, 2.05) is 26.8 Å². The van der Waals surface area contributed by atoms with E-state index in [1.165, 1.54) is 12.8 Å². The van der Waals surface area contributed by atoms with Gasteiger partial charge in [0.05, 0.1) is 0 Å². The molecule has 0 rings (SSSR count). The summed E-state index contributed by atoms with van der Waals surface area (Å²) in [6.45, 7) is 5.90. The minimum Gasteiger partial charge on any atom is -0.295 e. The van der Waals surface area contributed by atoms with Gasteiger partial charge in [-0.2, -0.15) is 0 Å². The maximum Gasteiger partial charge on any atom is 0.157 e. The fraction of sp³-hybridized carbons (Fsp3) is 0.615. The van der Waals surface area contributed by atoms with Crippen LogP contribution in [0.1, 0.15) is 46.5 Å². The predicted octanol–water partition coefficient (Wildman–Crippen LogP) is 3.90. The van der Waals surface area contributed by atoms with Crippen LogP contribution >= 0.6 is 0 Å². The number of carbonyl (C=O) groups is 1. The van der Waals surface area contributed by atoms with Gasteiger partial charge < -0.3 is 0 Å². The molecule has 0 aromatic heterocycles. The maximum absolute atomic E-state index is 11.2. The Morgan fingerprint density at radius 3 is 2.21 bits per heavy atom. The topological polar surface area (TPSA) is 17.1 Å². The first-order chi connectivity index (χ1) is 6.68. The molecule has 0 bridgehead atoms. The van der Waals surface area contributed by atoms with Crippen molar-refractivity contribution in [1.82, 2.24) is 0 Å². The molecule has 0 amide bonds. The molecule has 0 aliphatic carbocycles. The quantitative estimate of drug-likeness (QED) is 0.341. The number of unbranched alkanes of at least 4 members (excludes halogenated alkanes) is 3. The van der Waals surface area contributed by atoms with Gasteiger partial charge in [0.25, 0.3) is 0 Å². The molecule has 14 heavy (non-hydrogen) atoms. The summed E-state index contributed by atoms with van der Waals surface area (Å²) >= 11 is 0. The van der Waals surface area contributed by atoms with Gasteiger partial charge >= 0.3 is 0 Å². The normalized spacial score (nSPS) is 12.0. The van der Waals surface area contributed by atoms with E-state index in [1.54, 1.807) is 6.08 Å². The molecule has 0 aliphatic heterocycles. The van der Waals surface area contributed by atoms with Crippen molar-refractivity contribution < 1.29 is 4.79 Å². The number of carbonyl (C=O) groups excluding carboxylic acids is 1. The van der Waals surface area contributed by atoms with E-state index in [0.29, 0.717) is 0 Å². The van der Waals surface area contributed by atoms with Crippen LogP contribution in [0.3, 0.4) is 0 Å². The van der Waals surface area contributed by atoms with Gasteiger partial charge in [-0.15, -0.1) is 0 Å². The average Bonchev–Trinajstić information content (AvgIpc) is 2.16. The highest BCUT2D eigenvalue weighted by atomic mass is 16.1. The first-order valence-corrected chi connectivity index (χ1v) is 5.50. The van der Waals surface area contributed by atoms with Gasteiger partial charge in [-0.3, -0.25) is 4.79 Å². The summed E-state index contributed by atoms with van der Waals surface area (Å²) in [5.74, 6) is 0.368. The minimum absolute atomic E-state index is 0.134. The Bertz CT molecular complexity index is 199. The van der Waals surface area contributed by atoms with Crippen molar-refractivity contribution in [2.45, 2.75) is 46.5 Å². The molecule has 1 heteroatoms. The van der Waals surface area contributed by atoms with Crippen molar-refractivity contribution in [2.75, 3.05) is 0 Å². The van der Waals surface area contributed by atoms with Crippen molar-refractivity contribution in [2.24, 2.45) is 5.92 Å². The summed E-state index contributed by atoms with van der Waals surface area (Å²) in [6, 6.07) is 0. The van der Waals surface area contributed by atoms with E-state index < -0.39 is 0 Å². The second-order valence-corrected chi connectivity index (χ2v) is 3.81. The summed E-state index contributed by atoms with van der Waals surface area (Å²) in [7, 11) is 0. The molecule has 0 heterocycles. The zero-order valence-electron chi connectivity index (χ0n) is 9.62. The lowest BCUT2D eigenvalue weighted by Gasteiger charge is -1.96. The lowest BCUT2D eigenvalue weighted by atomic mass is 10.1. The molecular weight excluding hydrogens is 172 g/mol. The minimum atomic E-state index is 0.134. The fourth-order valence-electron chi connectivity index (χ4n) is 1.08. The van der Waals surface area contributed by atoms with E-state index in [-0.39, 0.29) is 11.7 Å². The molecule has 0 saturated carbocycles. The van der Waals surface area contributed by atoms with Crippen LogP contribution < -0.4 is 0 Å². The maximum atomic E-state index is 11.2. The molecule has 0 aliphatic rings. The molecule has 80 valence electrons. The summed E-state index contributed by atoms with van der Waals surface area (Å²) < 4.78 is 0. The third-order valence-corrected chi connectivity index (χ3v) is 2.08. The molecule has 1 nitrogen and oxygen atoms in total. The monoisotopic (exact) mass is 194 g/mol. The van der Waals surface area contributed by atoms with E-state index in [9.17, 15) is 4.79 Å². The Morgan fingerprint density at radius 2 is 1.71 bits per heavy atom. The highest BCUT2D eigenvalue weighted by molar-refractivity contribution is 5.91. The Labute approximate surface area is 87.9 Å². The van der Waals surface area contributed by atoms with Crippen LogP contribution in [0, 0.1) is 5.92 Å². The second-order valence-electron chi connectivity index (χ2n) is 3.81. The Hall–Kier alpha value is -0.850. The van der Waals surface area contributed by atoms with Crippen LogP contribution in [-0.4, -0.2) is 5.78 Å². The summed E-state index contributed by atoms with van der Waals surface area (Å²) in [5, 5.41) is 0. The third kappa shape index (κ3) is 7.78. The Balaban J connectivity index is 3.40. The van der Waals surface area contributed by atoms with Crippen LogP contribution in [0.5, 0.6) is 0 Å². The van der Waals surface area contributed by atoms with Gasteiger partial charge in [-0.05, 0) is 38.7 Å². The zero-order valence-corrected chi connectivity index (χ0v) is 9.62. The van der Waals surface area contributed by atoms with Gasteiger partial charge in [-0.25, -0.2) is 0 Å². The van der Waals surface area contributed by atoms with Crippen LogP contribution in [0.15, 0.2) is 24.3 Å². The summed E-state index contributed by atoms with van der Waals surface area (Å²) in [6.07, 6.45) is 12.6. The Kier molecular flexibility index (Phi) is 8.20. The van der Waals surface area contributed by atoms with Crippen molar-refractivity contribution in [3.63, 3.8) is 0 Å². The first-order valence-electron chi connectivity index (χ1n) is 5.50. The Morgan fingerprint density at radius 1 is 1.14 bits per heavy atom. The van der Waals surface area contributed by atoms with Gasteiger partial charge in [0, 0.05) is 5.92 Å². The third-order valence-electron chi connectivity index (χ3n) is 2.08. The standard InChI is InChI=1S/C13H22O/c1-4-5-6-7-8-9-10-11-13(14)12(2)3/h4-5,10-12H,6-9H2,1-3H3/b5-4?,11-10+. The number of rotatable bonds is 7. The lowest BCUT2D eigenvalue weighted by molar-refractivity contribution is -0.117. The van der Waals surface area contributed by atoms with E-state index in [4.69, 9.17) is 0 Å². The molecule has 0 saturated heterocycles. The number of ketones is 1. The smallest absolute Gasteiger partial charge is 0.157 e. The number of hydrogen-bond acceptors (Lipinski definition) is 1.